The molecule has 1 heterocycles. The number of aryl methyl sites for hydroxylation is 1. The largest absolute Gasteiger partial charge is 0.344 e. The van der Waals surface area contributed by atoms with Gasteiger partial charge in [-0.15, -0.1) is 0 Å². The minimum Gasteiger partial charge on any atom is -0.318 e. The molecule has 0 aromatic heterocycles. The van der Waals surface area contributed by atoms with E-state index in [2.05, 4.69) is 10.7 Å². The minimum atomic E-state index is -1.20. The molecule has 2 aromatic carbocycles. The van der Waals surface area contributed by atoms with Gasteiger partial charge in [-0.25, -0.2) is 4.79 Å². The SMILES string of the molecule is Cc1ccc(CC(=O)NN2C(=O)NC(C)(c3ccccc3)C2=O)cc1. The van der Waals surface area contributed by atoms with Crippen molar-refractivity contribution in [3.05, 3.63) is 71.3 Å². The average molecular weight is 337 g/mol. The van der Waals surface area contributed by atoms with Gasteiger partial charge in [-0.1, -0.05) is 60.2 Å². The number of hydrogen-bond donors (Lipinski definition) is 2. The first-order valence-electron chi connectivity index (χ1n) is 7.97. The number of imide groups is 1. The Morgan fingerprint density at radius 1 is 1.08 bits per heavy atom. The van der Waals surface area contributed by atoms with Crippen molar-refractivity contribution in [3.63, 3.8) is 0 Å². The first kappa shape index (κ1) is 16.7. The summed E-state index contributed by atoms with van der Waals surface area (Å²) in [6, 6.07) is 15.8. The van der Waals surface area contributed by atoms with E-state index in [0.29, 0.717) is 5.56 Å². The Bertz CT molecular complexity index is 818. The van der Waals surface area contributed by atoms with E-state index < -0.39 is 23.4 Å². The highest BCUT2D eigenvalue weighted by molar-refractivity contribution is 6.08. The lowest BCUT2D eigenvalue weighted by atomic mass is 9.92. The van der Waals surface area contributed by atoms with Crippen molar-refractivity contribution in [1.82, 2.24) is 15.8 Å². The Labute approximate surface area is 145 Å². The number of hydrogen-bond acceptors (Lipinski definition) is 3. The zero-order valence-electron chi connectivity index (χ0n) is 14.1. The molecule has 0 bridgehead atoms. The molecule has 1 unspecified atom stereocenters. The molecular weight excluding hydrogens is 318 g/mol. The lowest BCUT2D eigenvalue weighted by molar-refractivity contribution is -0.138. The zero-order chi connectivity index (χ0) is 18.0. The molecule has 128 valence electrons. The van der Waals surface area contributed by atoms with Gasteiger partial charge in [0.15, 0.2) is 0 Å². The van der Waals surface area contributed by atoms with Crippen LogP contribution in [0.4, 0.5) is 4.79 Å². The van der Waals surface area contributed by atoms with Gasteiger partial charge in [-0.2, -0.15) is 5.01 Å². The van der Waals surface area contributed by atoms with Crippen LogP contribution >= 0.6 is 0 Å². The molecule has 1 fully saturated rings. The molecule has 0 radical (unpaired) electrons. The molecule has 0 spiro atoms. The molecule has 3 rings (SSSR count). The smallest absolute Gasteiger partial charge is 0.318 e. The molecule has 25 heavy (non-hydrogen) atoms. The first-order valence-corrected chi connectivity index (χ1v) is 7.97. The summed E-state index contributed by atoms with van der Waals surface area (Å²) < 4.78 is 0. The number of nitrogens with zero attached hydrogens (tertiary/aromatic N) is 1. The molecule has 1 saturated heterocycles. The van der Waals surface area contributed by atoms with Crippen LogP contribution in [-0.2, 0) is 21.5 Å². The zero-order valence-corrected chi connectivity index (χ0v) is 14.1. The van der Waals surface area contributed by atoms with Gasteiger partial charge in [0.25, 0.3) is 5.91 Å². The average Bonchev–Trinajstić information content (AvgIpc) is 2.82. The van der Waals surface area contributed by atoms with E-state index in [4.69, 9.17) is 0 Å². The fraction of sp³-hybridized carbons (Fsp3) is 0.211. The predicted octanol–water partition coefficient (Wildman–Crippen LogP) is 2.04. The van der Waals surface area contributed by atoms with Gasteiger partial charge in [-0.05, 0) is 25.0 Å². The molecule has 1 atom stereocenters. The number of urea groups is 1. The fourth-order valence-electron chi connectivity index (χ4n) is 2.76. The van der Waals surface area contributed by atoms with Crippen LogP contribution in [-0.4, -0.2) is 22.9 Å². The molecule has 0 aliphatic carbocycles. The number of carbonyl (C=O) groups is 3. The summed E-state index contributed by atoms with van der Waals surface area (Å²) in [6.45, 7) is 3.58. The summed E-state index contributed by atoms with van der Waals surface area (Å²) in [5.74, 6) is -0.939. The Balaban J connectivity index is 1.72. The summed E-state index contributed by atoms with van der Waals surface area (Å²) in [5, 5.41) is 3.40. The monoisotopic (exact) mass is 337 g/mol. The number of rotatable bonds is 4. The third kappa shape index (κ3) is 3.24. The van der Waals surface area contributed by atoms with Crippen molar-refractivity contribution >= 4 is 17.8 Å². The van der Waals surface area contributed by atoms with Crippen molar-refractivity contribution in [2.75, 3.05) is 0 Å². The highest BCUT2D eigenvalue weighted by Crippen LogP contribution is 2.27. The standard InChI is InChI=1S/C19H19N3O3/c1-13-8-10-14(11-9-13)12-16(23)21-22-17(24)19(2,20-18(22)25)15-6-4-3-5-7-15/h3-11H,12H2,1-2H3,(H,20,25)(H,21,23). The van der Waals surface area contributed by atoms with Gasteiger partial charge in [0.2, 0.25) is 5.91 Å². The van der Waals surface area contributed by atoms with E-state index in [1.54, 1.807) is 31.2 Å². The number of benzene rings is 2. The fourth-order valence-corrected chi connectivity index (χ4v) is 2.76. The van der Waals surface area contributed by atoms with E-state index in [9.17, 15) is 14.4 Å². The van der Waals surface area contributed by atoms with Crippen LogP contribution in [0.25, 0.3) is 0 Å². The molecule has 2 aromatic rings. The third-order valence-electron chi connectivity index (χ3n) is 4.26. The minimum absolute atomic E-state index is 0.0827. The maximum absolute atomic E-state index is 12.7. The number of hydrazine groups is 1. The second-order valence-electron chi connectivity index (χ2n) is 6.26. The predicted molar refractivity (Wildman–Crippen MR) is 92.2 cm³/mol. The van der Waals surface area contributed by atoms with Crippen molar-refractivity contribution in [3.8, 4) is 0 Å². The van der Waals surface area contributed by atoms with Crippen LogP contribution in [0.15, 0.2) is 54.6 Å². The van der Waals surface area contributed by atoms with E-state index in [1.165, 1.54) is 0 Å². The lowest BCUT2D eigenvalue weighted by Gasteiger charge is -2.22. The highest BCUT2D eigenvalue weighted by Gasteiger charge is 2.49. The molecule has 1 aliphatic heterocycles. The molecule has 1 aliphatic rings. The van der Waals surface area contributed by atoms with Crippen molar-refractivity contribution in [2.24, 2.45) is 0 Å². The van der Waals surface area contributed by atoms with Crippen LogP contribution in [0.5, 0.6) is 0 Å². The Kier molecular flexibility index (Phi) is 4.27. The van der Waals surface area contributed by atoms with Crippen LogP contribution in [0.2, 0.25) is 0 Å². The summed E-state index contributed by atoms with van der Waals surface area (Å²) in [5.41, 5.74) is 3.76. The maximum Gasteiger partial charge on any atom is 0.344 e. The Morgan fingerprint density at radius 2 is 1.72 bits per heavy atom. The first-order chi connectivity index (χ1) is 11.9. The number of nitrogens with one attached hydrogen (secondary N) is 2. The topological polar surface area (TPSA) is 78.5 Å². The van der Waals surface area contributed by atoms with E-state index in [-0.39, 0.29) is 6.42 Å². The van der Waals surface area contributed by atoms with Crippen molar-refractivity contribution in [1.29, 1.82) is 0 Å². The quantitative estimate of drug-likeness (QED) is 0.838. The van der Waals surface area contributed by atoms with Gasteiger partial charge in [0.1, 0.15) is 5.54 Å². The van der Waals surface area contributed by atoms with E-state index in [1.807, 2.05) is 37.3 Å². The lowest BCUT2D eigenvalue weighted by Crippen LogP contribution is -2.48. The Hall–Kier alpha value is -3.15. The van der Waals surface area contributed by atoms with Gasteiger partial charge in [-0.3, -0.25) is 15.0 Å². The molecule has 4 amide bonds. The van der Waals surface area contributed by atoms with Crippen LogP contribution in [0.3, 0.4) is 0 Å². The van der Waals surface area contributed by atoms with Crippen LogP contribution in [0.1, 0.15) is 23.6 Å². The van der Waals surface area contributed by atoms with Gasteiger partial charge < -0.3 is 5.32 Å². The molecule has 6 heteroatoms. The molecular formula is C19H19N3O3. The van der Waals surface area contributed by atoms with Gasteiger partial charge in [0.05, 0.1) is 6.42 Å². The summed E-state index contributed by atoms with van der Waals surface area (Å²) in [4.78, 5) is 37.1. The second-order valence-corrected chi connectivity index (χ2v) is 6.26. The summed E-state index contributed by atoms with van der Waals surface area (Å²) in [7, 11) is 0. The molecule has 6 nitrogen and oxygen atoms in total. The third-order valence-corrected chi connectivity index (χ3v) is 4.26. The maximum atomic E-state index is 12.7. The van der Waals surface area contributed by atoms with Crippen molar-refractivity contribution < 1.29 is 14.4 Å². The second kappa shape index (κ2) is 6.39. The molecule has 0 saturated carbocycles. The van der Waals surface area contributed by atoms with E-state index >= 15 is 0 Å². The van der Waals surface area contributed by atoms with Crippen molar-refractivity contribution in [2.45, 2.75) is 25.8 Å². The van der Waals surface area contributed by atoms with Crippen LogP contribution < -0.4 is 10.7 Å². The Morgan fingerprint density at radius 3 is 2.36 bits per heavy atom. The van der Waals surface area contributed by atoms with E-state index in [0.717, 1.165) is 16.1 Å². The summed E-state index contributed by atoms with van der Waals surface area (Å²) in [6.07, 6.45) is 0.0827. The number of carbonyl (C=O) groups excluding carboxylic acids is 3. The normalized spacial score (nSPS) is 19.7. The highest BCUT2D eigenvalue weighted by atomic mass is 16.2. The summed E-state index contributed by atoms with van der Waals surface area (Å²) >= 11 is 0. The van der Waals surface area contributed by atoms with Crippen LogP contribution in [0, 0.1) is 6.92 Å². The van der Waals surface area contributed by atoms with Gasteiger partial charge in [0, 0.05) is 0 Å². The molecule has 2 N–H and O–H groups in total. The number of amides is 4. The van der Waals surface area contributed by atoms with Gasteiger partial charge >= 0.3 is 6.03 Å².